The smallest absolute Gasteiger partial charge is 0.119 e. The minimum absolute atomic E-state index is 0.494. The van der Waals surface area contributed by atoms with Crippen molar-refractivity contribution in [1.29, 1.82) is 0 Å². The first-order chi connectivity index (χ1) is 8.15. The minimum atomic E-state index is 0.494. The summed E-state index contributed by atoms with van der Waals surface area (Å²) in [5.41, 5.74) is 8.88. The number of ether oxygens (including phenoxy) is 1. The monoisotopic (exact) mass is 291 g/mol. The van der Waals surface area contributed by atoms with Crippen molar-refractivity contribution in [1.82, 2.24) is 0 Å². The van der Waals surface area contributed by atoms with Crippen molar-refractivity contribution in [2.45, 2.75) is 13.5 Å². The van der Waals surface area contributed by atoms with Gasteiger partial charge in [0, 0.05) is 15.7 Å². The van der Waals surface area contributed by atoms with Gasteiger partial charge in [-0.3, -0.25) is 0 Å². The van der Waals surface area contributed by atoms with E-state index >= 15 is 0 Å². The van der Waals surface area contributed by atoms with E-state index in [1.165, 1.54) is 0 Å². The topological polar surface area (TPSA) is 35.2 Å². The van der Waals surface area contributed by atoms with E-state index < -0.39 is 0 Å². The third-order valence-electron chi connectivity index (χ3n) is 2.51. The Morgan fingerprint density at radius 2 is 1.82 bits per heavy atom. The van der Waals surface area contributed by atoms with Crippen LogP contribution in [-0.4, -0.2) is 0 Å². The fourth-order valence-corrected chi connectivity index (χ4v) is 1.80. The highest BCUT2D eigenvalue weighted by molar-refractivity contribution is 9.10. The van der Waals surface area contributed by atoms with Gasteiger partial charge in [-0.25, -0.2) is 0 Å². The van der Waals surface area contributed by atoms with E-state index in [1.807, 2.05) is 49.4 Å². The minimum Gasteiger partial charge on any atom is -0.489 e. The van der Waals surface area contributed by atoms with Crippen molar-refractivity contribution in [3.8, 4) is 5.75 Å². The van der Waals surface area contributed by atoms with Gasteiger partial charge in [0.25, 0.3) is 0 Å². The summed E-state index contributed by atoms with van der Waals surface area (Å²) in [7, 11) is 0. The molecule has 0 unspecified atom stereocenters. The quantitative estimate of drug-likeness (QED) is 0.870. The number of nitrogens with two attached hydrogens (primary N) is 1. The Morgan fingerprint density at radius 1 is 1.12 bits per heavy atom. The van der Waals surface area contributed by atoms with Crippen LogP contribution < -0.4 is 10.5 Å². The molecule has 0 bridgehead atoms. The van der Waals surface area contributed by atoms with Crippen LogP contribution in [0.5, 0.6) is 5.75 Å². The van der Waals surface area contributed by atoms with E-state index in [9.17, 15) is 0 Å². The maximum atomic E-state index is 5.92. The van der Waals surface area contributed by atoms with Crippen molar-refractivity contribution in [3.05, 3.63) is 58.1 Å². The molecule has 0 heterocycles. The Balaban J connectivity index is 2.04. The van der Waals surface area contributed by atoms with Crippen LogP contribution in [0.1, 0.15) is 11.1 Å². The molecule has 0 amide bonds. The molecule has 88 valence electrons. The van der Waals surface area contributed by atoms with Crippen LogP contribution in [0.15, 0.2) is 46.9 Å². The molecule has 0 aromatic heterocycles. The highest BCUT2D eigenvalue weighted by Gasteiger charge is 2.00. The van der Waals surface area contributed by atoms with Crippen molar-refractivity contribution < 1.29 is 4.74 Å². The van der Waals surface area contributed by atoms with Gasteiger partial charge in [0.2, 0.25) is 0 Å². The number of halogens is 1. The molecule has 0 aliphatic carbocycles. The van der Waals surface area contributed by atoms with E-state index in [4.69, 9.17) is 10.5 Å². The largest absolute Gasteiger partial charge is 0.489 e. The molecule has 2 aromatic rings. The van der Waals surface area contributed by atoms with E-state index in [-0.39, 0.29) is 0 Å². The predicted octanol–water partition coefficient (Wildman–Crippen LogP) is 3.92. The lowest BCUT2D eigenvalue weighted by molar-refractivity contribution is 0.307. The highest BCUT2D eigenvalue weighted by Crippen LogP contribution is 2.19. The van der Waals surface area contributed by atoms with Crippen LogP contribution in [-0.2, 0) is 6.61 Å². The highest BCUT2D eigenvalue weighted by atomic mass is 79.9. The van der Waals surface area contributed by atoms with Crippen molar-refractivity contribution in [2.75, 3.05) is 5.73 Å². The molecule has 0 saturated heterocycles. The second-order valence-corrected chi connectivity index (χ2v) is 4.86. The molecular weight excluding hydrogens is 278 g/mol. The van der Waals surface area contributed by atoms with Gasteiger partial charge < -0.3 is 10.5 Å². The zero-order chi connectivity index (χ0) is 12.3. The van der Waals surface area contributed by atoms with Gasteiger partial charge in [-0.15, -0.1) is 0 Å². The third-order valence-corrected chi connectivity index (χ3v) is 3.04. The van der Waals surface area contributed by atoms with Crippen LogP contribution >= 0.6 is 15.9 Å². The van der Waals surface area contributed by atoms with Crippen molar-refractivity contribution in [3.63, 3.8) is 0 Å². The molecule has 2 rings (SSSR count). The Labute approximate surface area is 110 Å². The SMILES string of the molecule is Cc1ccc(COc2ccc(Br)cc2)c(N)c1. The van der Waals surface area contributed by atoms with Gasteiger partial charge in [0.05, 0.1) is 0 Å². The summed E-state index contributed by atoms with van der Waals surface area (Å²) in [6.07, 6.45) is 0. The molecule has 0 aliphatic heterocycles. The number of hydrogen-bond donors (Lipinski definition) is 1. The Bertz CT molecular complexity index is 508. The Kier molecular flexibility index (Phi) is 3.69. The maximum absolute atomic E-state index is 5.92. The fraction of sp³-hybridized carbons (Fsp3) is 0.143. The molecule has 0 aliphatic rings. The summed E-state index contributed by atoms with van der Waals surface area (Å²) in [4.78, 5) is 0. The fourth-order valence-electron chi connectivity index (χ4n) is 1.54. The Morgan fingerprint density at radius 3 is 2.47 bits per heavy atom. The standard InChI is InChI=1S/C14H14BrNO/c1-10-2-3-11(14(16)8-10)9-17-13-6-4-12(15)5-7-13/h2-8H,9,16H2,1H3. The van der Waals surface area contributed by atoms with Gasteiger partial charge in [0.1, 0.15) is 12.4 Å². The predicted molar refractivity (Wildman–Crippen MR) is 74.1 cm³/mol. The first kappa shape index (κ1) is 12.0. The van der Waals surface area contributed by atoms with Crippen molar-refractivity contribution >= 4 is 21.6 Å². The first-order valence-corrected chi connectivity index (χ1v) is 6.18. The van der Waals surface area contributed by atoms with Gasteiger partial charge in [-0.05, 0) is 42.8 Å². The van der Waals surface area contributed by atoms with E-state index in [0.717, 1.165) is 27.0 Å². The third kappa shape index (κ3) is 3.24. The molecule has 17 heavy (non-hydrogen) atoms. The lowest BCUT2D eigenvalue weighted by atomic mass is 10.1. The molecule has 2 aromatic carbocycles. The van der Waals surface area contributed by atoms with E-state index in [2.05, 4.69) is 15.9 Å². The molecule has 3 heteroatoms. The average molecular weight is 292 g/mol. The van der Waals surface area contributed by atoms with Gasteiger partial charge in [-0.2, -0.15) is 0 Å². The molecule has 0 fully saturated rings. The van der Waals surface area contributed by atoms with Crippen LogP contribution in [0, 0.1) is 6.92 Å². The maximum Gasteiger partial charge on any atom is 0.119 e. The summed E-state index contributed by atoms with van der Waals surface area (Å²) >= 11 is 3.39. The second-order valence-electron chi connectivity index (χ2n) is 3.94. The number of benzene rings is 2. The summed E-state index contributed by atoms with van der Waals surface area (Å²) < 4.78 is 6.71. The summed E-state index contributed by atoms with van der Waals surface area (Å²) in [5, 5.41) is 0. The average Bonchev–Trinajstić information content (AvgIpc) is 2.30. The number of nitrogen functional groups attached to an aromatic ring is 1. The molecular formula is C14H14BrNO. The van der Waals surface area contributed by atoms with Gasteiger partial charge >= 0.3 is 0 Å². The molecule has 0 spiro atoms. The first-order valence-electron chi connectivity index (χ1n) is 5.38. The lowest BCUT2D eigenvalue weighted by Gasteiger charge is -2.09. The molecule has 0 atom stereocenters. The molecule has 2 nitrogen and oxygen atoms in total. The molecule has 0 radical (unpaired) electrons. The van der Waals surface area contributed by atoms with Gasteiger partial charge in [0.15, 0.2) is 0 Å². The van der Waals surface area contributed by atoms with Gasteiger partial charge in [-0.1, -0.05) is 28.1 Å². The number of aryl methyl sites for hydroxylation is 1. The second kappa shape index (κ2) is 5.23. The summed E-state index contributed by atoms with van der Waals surface area (Å²) in [6, 6.07) is 13.8. The van der Waals surface area contributed by atoms with Crippen LogP contribution in [0.4, 0.5) is 5.69 Å². The van der Waals surface area contributed by atoms with E-state index in [1.54, 1.807) is 0 Å². The van der Waals surface area contributed by atoms with Crippen molar-refractivity contribution in [2.24, 2.45) is 0 Å². The van der Waals surface area contributed by atoms with Crippen LogP contribution in [0.25, 0.3) is 0 Å². The Hall–Kier alpha value is -1.48. The van der Waals surface area contributed by atoms with E-state index in [0.29, 0.717) is 6.61 Å². The summed E-state index contributed by atoms with van der Waals surface area (Å²) in [6.45, 7) is 2.52. The lowest BCUT2D eigenvalue weighted by Crippen LogP contribution is -2.00. The number of hydrogen-bond acceptors (Lipinski definition) is 2. The zero-order valence-corrected chi connectivity index (χ0v) is 11.2. The number of rotatable bonds is 3. The zero-order valence-electron chi connectivity index (χ0n) is 9.61. The van der Waals surface area contributed by atoms with Crippen LogP contribution in [0.2, 0.25) is 0 Å². The molecule has 0 saturated carbocycles. The normalized spacial score (nSPS) is 10.2. The number of anilines is 1. The molecule has 2 N–H and O–H groups in total. The summed E-state index contributed by atoms with van der Waals surface area (Å²) in [5.74, 6) is 0.841. The van der Waals surface area contributed by atoms with Crippen LogP contribution in [0.3, 0.4) is 0 Å².